The summed E-state index contributed by atoms with van der Waals surface area (Å²) in [4.78, 5) is 10.6. The van der Waals surface area contributed by atoms with Crippen molar-refractivity contribution in [2.45, 2.75) is 19.6 Å². The third kappa shape index (κ3) is 4.10. The molecule has 0 saturated carbocycles. The second-order valence-corrected chi connectivity index (χ2v) is 4.48. The second-order valence-electron chi connectivity index (χ2n) is 4.48. The van der Waals surface area contributed by atoms with Crippen molar-refractivity contribution in [3.05, 3.63) is 65.2 Å². The van der Waals surface area contributed by atoms with Gasteiger partial charge < -0.3 is 14.9 Å². The first-order valence-electron chi connectivity index (χ1n) is 6.29. The maximum absolute atomic E-state index is 10.6. The molecule has 104 valence electrons. The van der Waals surface area contributed by atoms with E-state index in [1.54, 1.807) is 12.1 Å². The van der Waals surface area contributed by atoms with Gasteiger partial charge >= 0.3 is 5.97 Å². The molecule has 2 aromatic carbocycles. The van der Waals surface area contributed by atoms with Gasteiger partial charge in [0.05, 0.1) is 13.0 Å². The lowest BCUT2D eigenvalue weighted by molar-refractivity contribution is -0.136. The molecule has 0 spiro atoms. The van der Waals surface area contributed by atoms with Crippen molar-refractivity contribution in [3.63, 3.8) is 0 Å². The molecule has 0 atom stereocenters. The number of aliphatic hydroxyl groups is 1. The minimum absolute atomic E-state index is 0.0192. The Balaban J connectivity index is 1.91. The maximum Gasteiger partial charge on any atom is 0.307 e. The zero-order chi connectivity index (χ0) is 14.4. The fourth-order valence-electron chi connectivity index (χ4n) is 1.79. The van der Waals surface area contributed by atoms with Crippen LogP contribution in [-0.4, -0.2) is 16.2 Å². The highest BCUT2D eigenvalue weighted by Gasteiger charge is 2.01. The number of carboxylic acids is 1. The Kier molecular flexibility index (Phi) is 4.74. The van der Waals surface area contributed by atoms with Crippen molar-refractivity contribution < 1.29 is 19.7 Å². The normalized spacial score (nSPS) is 10.2. The molecule has 0 aliphatic carbocycles. The van der Waals surface area contributed by atoms with Crippen LogP contribution in [-0.2, 0) is 24.4 Å². The Morgan fingerprint density at radius 3 is 2.00 bits per heavy atom. The number of hydrogen-bond acceptors (Lipinski definition) is 3. The van der Waals surface area contributed by atoms with Gasteiger partial charge in [0.25, 0.3) is 0 Å². The predicted octanol–water partition coefficient (Wildman–Crippen LogP) is 2.39. The van der Waals surface area contributed by atoms with Crippen LogP contribution < -0.4 is 4.74 Å². The van der Waals surface area contributed by atoms with E-state index < -0.39 is 5.97 Å². The summed E-state index contributed by atoms with van der Waals surface area (Å²) >= 11 is 0. The van der Waals surface area contributed by atoms with Crippen molar-refractivity contribution >= 4 is 5.97 Å². The van der Waals surface area contributed by atoms with Crippen molar-refractivity contribution in [2.75, 3.05) is 0 Å². The number of benzene rings is 2. The van der Waals surface area contributed by atoms with E-state index in [9.17, 15) is 4.79 Å². The second kappa shape index (κ2) is 6.73. The van der Waals surface area contributed by atoms with Crippen molar-refractivity contribution in [1.82, 2.24) is 0 Å². The lowest BCUT2D eigenvalue weighted by atomic mass is 10.1. The number of ether oxygens (including phenoxy) is 1. The highest BCUT2D eigenvalue weighted by molar-refractivity contribution is 5.70. The van der Waals surface area contributed by atoms with E-state index in [0.29, 0.717) is 6.61 Å². The molecule has 0 aromatic heterocycles. The molecule has 2 aromatic rings. The smallest absolute Gasteiger partial charge is 0.307 e. The van der Waals surface area contributed by atoms with Crippen LogP contribution in [0, 0.1) is 0 Å². The van der Waals surface area contributed by atoms with Crippen LogP contribution in [0.25, 0.3) is 0 Å². The van der Waals surface area contributed by atoms with E-state index in [1.807, 2.05) is 36.4 Å². The third-order valence-electron chi connectivity index (χ3n) is 2.89. The van der Waals surface area contributed by atoms with Crippen LogP contribution in [0.4, 0.5) is 0 Å². The van der Waals surface area contributed by atoms with Gasteiger partial charge in [-0.05, 0) is 28.8 Å². The summed E-state index contributed by atoms with van der Waals surface area (Å²) in [7, 11) is 0. The quantitative estimate of drug-likeness (QED) is 0.847. The topological polar surface area (TPSA) is 66.8 Å². The Morgan fingerprint density at radius 2 is 1.45 bits per heavy atom. The molecule has 4 heteroatoms. The van der Waals surface area contributed by atoms with Gasteiger partial charge in [-0.15, -0.1) is 0 Å². The minimum atomic E-state index is -0.835. The largest absolute Gasteiger partial charge is 0.489 e. The number of hydrogen-bond donors (Lipinski definition) is 2. The predicted molar refractivity (Wildman–Crippen MR) is 74.5 cm³/mol. The molecule has 0 heterocycles. The summed E-state index contributed by atoms with van der Waals surface area (Å²) in [6.45, 7) is 0.442. The minimum Gasteiger partial charge on any atom is -0.489 e. The zero-order valence-electron chi connectivity index (χ0n) is 11.0. The van der Waals surface area contributed by atoms with Crippen LogP contribution in [0.1, 0.15) is 16.7 Å². The summed E-state index contributed by atoms with van der Waals surface area (Å²) in [6.07, 6.45) is 0.0315. The lowest BCUT2D eigenvalue weighted by Gasteiger charge is -2.07. The van der Waals surface area contributed by atoms with E-state index in [0.717, 1.165) is 22.4 Å². The van der Waals surface area contributed by atoms with Crippen LogP contribution in [0.5, 0.6) is 5.75 Å². The molecule has 4 nitrogen and oxygen atoms in total. The van der Waals surface area contributed by atoms with Gasteiger partial charge in [0.1, 0.15) is 12.4 Å². The van der Waals surface area contributed by atoms with Gasteiger partial charge in [0.2, 0.25) is 0 Å². The van der Waals surface area contributed by atoms with E-state index in [2.05, 4.69) is 0 Å². The molecule has 0 aliphatic heterocycles. The van der Waals surface area contributed by atoms with Gasteiger partial charge in [-0.3, -0.25) is 4.79 Å². The van der Waals surface area contributed by atoms with Gasteiger partial charge in [-0.1, -0.05) is 36.4 Å². The number of carbonyl (C=O) groups is 1. The highest BCUT2D eigenvalue weighted by atomic mass is 16.5. The number of carboxylic acid groups (broad SMARTS) is 1. The van der Waals surface area contributed by atoms with Crippen LogP contribution in [0.15, 0.2) is 48.5 Å². The monoisotopic (exact) mass is 272 g/mol. The SMILES string of the molecule is O=C(O)Cc1ccc(COc2ccc(CO)cc2)cc1. The first-order chi connectivity index (χ1) is 9.67. The summed E-state index contributed by atoms with van der Waals surface area (Å²) in [5.41, 5.74) is 2.59. The Bertz CT molecular complexity index is 558. The first kappa shape index (κ1) is 14.1. The summed E-state index contributed by atoms with van der Waals surface area (Å²) in [6, 6.07) is 14.6. The Morgan fingerprint density at radius 1 is 0.900 bits per heavy atom. The third-order valence-corrected chi connectivity index (χ3v) is 2.89. The number of aliphatic hydroxyl groups excluding tert-OH is 1. The van der Waals surface area contributed by atoms with Gasteiger partial charge in [0, 0.05) is 0 Å². The lowest BCUT2D eigenvalue weighted by Crippen LogP contribution is -2.00. The molecule has 0 saturated heterocycles. The highest BCUT2D eigenvalue weighted by Crippen LogP contribution is 2.14. The van der Waals surface area contributed by atoms with Crippen LogP contribution >= 0.6 is 0 Å². The average Bonchev–Trinajstić information content (AvgIpc) is 2.46. The number of rotatable bonds is 6. The summed E-state index contributed by atoms with van der Waals surface area (Å²) in [5.74, 6) is -0.102. The first-order valence-corrected chi connectivity index (χ1v) is 6.29. The average molecular weight is 272 g/mol. The van der Waals surface area contributed by atoms with E-state index in [-0.39, 0.29) is 13.0 Å². The summed E-state index contributed by atoms with van der Waals surface area (Å²) < 4.78 is 5.61. The molecule has 20 heavy (non-hydrogen) atoms. The number of aliphatic carboxylic acids is 1. The molecule has 2 N–H and O–H groups in total. The maximum atomic E-state index is 10.6. The molecule has 2 rings (SSSR count). The van der Waals surface area contributed by atoms with Crippen molar-refractivity contribution in [2.24, 2.45) is 0 Å². The fourth-order valence-corrected chi connectivity index (χ4v) is 1.79. The molecule has 0 aliphatic rings. The van der Waals surface area contributed by atoms with E-state index >= 15 is 0 Å². The molecular formula is C16H16O4. The zero-order valence-corrected chi connectivity index (χ0v) is 11.0. The molecular weight excluding hydrogens is 256 g/mol. The van der Waals surface area contributed by atoms with Crippen molar-refractivity contribution in [3.8, 4) is 5.75 Å². The van der Waals surface area contributed by atoms with Gasteiger partial charge in [-0.2, -0.15) is 0 Å². The Hall–Kier alpha value is -2.33. The van der Waals surface area contributed by atoms with Crippen molar-refractivity contribution in [1.29, 1.82) is 0 Å². The molecule has 0 unspecified atom stereocenters. The fraction of sp³-hybridized carbons (Fsp3) is 0.188. The molecule has 0 amide bonds. The Labute approximate surface area is 117 Å². The molecule has 0 radical (unpaired) electrons. The van der Waals surface area contributed by atoms with E-state index in [4.69, 9.17) is 14.9 Å². The standard InChI is InChI=1S/C16H16O4/c17-10-13-5-7-15(8-6-13)20-11-14-3-1-12(2-4-14)9-16(18)19/h1-8,17H,9-11H2,(H,18,19). The molecule has 0 fully saturated rings. The summed E-state index contributed by atoms with van der Waals surface area (Å²) in [5, 5.41) is 17.6. The van der Waals surface area contributed by atoms with Gasteiger partial charge in [0.15, 0.2) is 0 Å². The molecule has 0 bridgehead atoms. The van der Waals surface area contributed by atoms with Crippen LogP contribution in [0.2, 0.25) is 0 Å². The van der Waals surface area contributed by atoms with E-state index in [1.165, 1.54) is 0 Å². The van der Waals surface area contributed by atoms with Gasteiger partial charge in [-0.25, -0.2) is 0 Å². The van der Waals surface area contributed by atoms with Crippen LogP contribution in [0.3, 0.4) is 0 Å².